The number of primary amides is 1. The molecule has 2 aromatic carbocycles. The summed E-state index contributed by atoms with van der Waals surface area (Å²) >= 11 is 0. The van der Waals surface area contributed by atoms with Gasteiger partial charge in [0.05, 0.1) is 13.5 Å². The average molecular weight is 527 g/mol. The van der Waals surface area contributed by atoms with Crippen LogP contribution in [0.2, 0.25) is 0 Å². The van der Waals surface area contributed by atoms with E-state index in [9.17, 15) is 19.2 Å². The maximum atomic E-state index is 13.9. The zero-order chi connectivity index (χ0) is 28.5. The largest absolute Gasteiger partial charge is 0.497 e. The Kier molecular flexibility index (Phi) is 10.7. The Balaban J connectivity index is 2.48. The van der Waals surface area contributed by atoms with Gasteiger partial charge in [0.1, 0.15) is 23.4 Å². The molecule has 2 aromatic rings. The van der Waals surface area contributed by atoms with Crippen LogP contribution in [-0.2, 0) is 19.1 Å². The lowest BCUT2D eigenvalue weighted by Gasteiger charge is -2.34. The standard InChI is InChI=1S/C28H38N4O6/c1-7-15-32(26(35)22(17-23(29)33)31-27(36)38-28(3,4)5)24(19-10-8-9-18(2)16-19)25(34)30-20-11-13-21(37-6)14-12-20/h8-14,16,22,24H,7,15,17H2,1-6H3,(H2,29,33)(H,30,34)(H,31,36). The average Bonchev–Trinajstić information content (AvgIpc) is 2.82. The molecule has 4 N–H and O–H groups in total. The minimum Gasteiger partial charge on any atom is -0.497 e. The van der Waals surface area contributed by atoms with Crippen molar-refractivity contribution in [2.75, 3.05) is 19.0 Å². The molecule has 0 aliphatic rings. The van der Waals surface area contributed by atoms with Crippen LogP contribution in [0.5, 0.6) is 5.75 Å². The molecule has 0 spiro atoms. The number of anilines is 1. The van der Waals surface area contributed by atoms with Gasteiger partial charge in [-0.1, -0.05) is 36.8 Å². The highest BCUT2D eigenvalue weighted by Gasteiger charge is 2.36. The molecule has 0 aromatic heterocycles. The Hall–Kier alpha value is -4.08. The first-order valence-corrected chi connectivity index (χ1v) is 12.4. The van der Waals surface area contributed by atoms with E-state index in [4.69, 9.17) is 15.2 Å². The number of aryl methyl sites for hydroxylation is 1. The monoisotopic (exact) mass is 526 g/mol. The molecule has 0 saturated heterocycles. The minimum absolute atomic E-state index is 0.179. The Morgan fingerprint density at radius 2 is 1.71 bits per heavy atom. The van der Waals surface area contributed by atoms with Gasteiger partial charge < -0.3 is 30.7 Å². The van der Waals surface area contributed by atoms with E-state index in [1.807, 2.05) is 26.0 Å². The highest BCUT2D eigenvalue weighted by atomic mass is 16.6. The summed E-state index contributed by atoms with van der Waals surface area (Å²) < 4.78 is 10.5. The summed E-state index contributed by atoms with van der Waals surface area (Å²) in [4.78, 5) is 53.3. The fraction of sp³-hybridized carbons (Fsp3) is 0.429. The second kappa shape index (κ2) is 13.5. The van der Waals surface area contributed by atoms with Gasteiger partial charge in [0, 0.05) is 12.2 Å². The van der Waals surface area contributed by atoms with Gasteiger partial charge in [0.2, 0.25) is 11.8 Å². The topological polar surface area (TPSA) is 140 Å². The fourth-order valence-electron chi connectivity index (χ4n) is 3.86. The van der Waals surface area contributed by atoms with Crippen LogP contribution in [0.25, 0.3) is 0 Å². The summed E-state index contributed by atoms with van der Waals surface area (Å²) in [5.74, 6) is -1.25. The zero-order valence-corrected chi connectivity index (χ0v) is 22.9. The first-order chi connectivity index (χ1) is 17.8. The molecular weight excluding hydrogens is 488 g/mol. The summed E-state index contributed by atoms with van der Waals surface area (Å²) in [6.45, 7) is 8.96. The Morgan fingerprint density at radius 3 is 2.24 bits per heavy atom. The number of benzene rings is 2. The van der Waals surface area contributed by atoms with Crippen molar-refractivity contribution >= 4 is 29.5 Å². The molecule has 0 radical (unpaired) electrons. The molecule has 206 valence electrons. The van der Waals surface area contributed by atoms with Crippen molar-refractivity contribution in [2.45, 2.75) is 65.1 Å². The molecule has 2 atom stereocenters. The first kappa shape index (κ1) is 30.1. The van der Waals surface area contributed by atoms with Gasteiger partial charge in [-0.3, -0.25) is 14.4 Å². The summed E-state index contributed by atoms with van der Waals surface area (Å²) in [7, 11) is 1.55. The molecule has 0 fully saturated rings. The third-order valence-electron chi connectivity index (χ3n) is 5.42. The number of alkyl carbamates (subject to hydrolysis) is 1. The van der Waals surface area contributed by atoms with Crippen LogP contribution in [0.4, 0.5) is 10.5 Å². The molecule has 0 bridgehead atoms. The molecular formula is C28H38N4O6. The summed E-state index contributed by atoms with van der Waals surface area (Å²) in [5.41, 5.74) is 6.57. The predicted molar refractivity (Wildman–Crippen MR) is 145 cm³/mol. The number of nitrogens with one attached hydrogen (secondary N) is 2. The smallest absolute Gasteiger partial charge is 0.408 e. The number of hydrogen-bond acceptors (Lipinski definition) is 6. The normalized spacial score (nSPS) is 12.6. The van der Waals surface area contributed by atoms with E-state index < -0.39 is 47.9 Å². The van der Waals surface area contributed by atoms with Crippen molar-refractivity contribution in [1.82, 2.24) is 10.2 Å². The summed E-state index contributed by atoms with van der Waals surface area (Å²) in [6, 6.07) is 11.7. The predicted octanol–water partition coefficient (Wildman–Crippen LogP) is 3.69. The van der Waals surface area contributed by atoms with Crippen molar-refractivity contribution in [3.8, 4) is 5.75 Å². The molecule has 0 aliphatic heterocycles. The number of hydrogen-bond donors (Lipinski definition) is 3. The molecule has 2 unspecified atom stereocenters. The van der Waals surface area contributed by atoms with Crippen LogP contribution < -0.4 is 21.1 Å². The fourth-order valence-corrected chi connectivity index (χ4v) is 3.86. The van der Waals surface area contributed by atoms with Crippen LogP contribution in [-0.4, -0.2) is 54.0 Å². The summed E-state index contributed by atoms with van der Waals surface area (Å²) in [5, 5.41) is 5.33. The Morgan fingerprint density at radius 1 is 1.05 bits per heavy atom. The van der Waals surface area contributed by atoms with Crippen molar-refractivity contribution < 1.29 is 28.7 Å². The van der Waals surface area contributed by atoms with E-state index in [0.717, 1.165) is 5.56 Å². The SMILES string of the molecule is CCCN(C(=O)C(CC(N)=O)NC(=O)OC(C)(C)C)C(C(=O)Nc1ccc(OC)cc1)c1cccc(C)c1. The van der Waals surface area contributed by atoms with Crippen LogP contribution >= 0.6 is 0 Å². The van der Waals surface area contributed by atoms with E-state index in [-0.39, 0.29) is 6.54 Å². The highest BCUT2D eigenvalue weighted by Crippen LogP contribution is 2.26. The molecule has 10 heteroatoms. The van der Waals surface area contributed by atoms with E-state index in [1.165, 1.54) is 4.90 Å². The van der Waals surface area contributed by atoms with E-state index in [0.29, 0.717) is 23.4 Å². The van der Waals surface area contributed by atoms with E-state index in [1.54, 1.807) is 64.3 Å². The molecule has 38 heavy (non-hydrogen) atoms. The molecule has 2 rings (SSSR count). The number of rotatable bonds is 11. The van der Waals surface area contributed by atoms with Crippen LogP contribution in [0.3, 0.4) is 0 Å². The highest BCUT2D eigenvalue weighted by molar-refractivity contribution is 5.99. The molecule has 0 aliphatic carbocycles. The van der Waals surface area contributed by atoms with Gasteiger partial charge in [-0.25, -0.2) is 4.79 Å². The molecule has 4 amide bonds. The van der Waals surface area contributed by atoms with Crippen LogP contribution in [0.1, 0.15) is 57.7 Å². The number of carbonyl (C=O) groups excluding carboxylic acids is 4. The second-order valence-electron chi connectivity index (χ2n) is 9.94. The second-order valence-corrected chi connectivity index (χ2v) is 9.94. The number of nitrogens with two attached hydrogens (primary N) is 1. The van der Waals surface area contributed by atoms with Gasteiger partial charge in [-0.2, -0.15) is 0 Å². The molecule has 0 heterocycles. The van der Waals surface area contributed by atoms with Crippen molar-refractivity contribution in [3.63, 3.8) is 0 Å². The van der Waals surface area contributed by atoms with Crippen LogP contribution in [0, 0.1) is 6.92 Å². The maximum Gasteiger partial charge on any atom is 0.408 e. The lowest BCUT2D eigenvalue weighted by Crippen LogP contribution is -2.53. The van der Waals surface area contributed by atoms with Gasteiger partial charge in [-0.15, -0.1) is 0 Å². The van der Waals surface area contributed by atoms with Gasteiger partial charge in [-0.05, 0) is 63.9 Å². The molecule has 10 nitrogen and oxygen atoms in total. The third kappa shape index (κ3) is 9.10. The van der Waals surface area contributed by atoms with Crippen molar-refractivity contribution in [1.29, 1.82) is 0 Å². The van der Waals surface area contributed by atoms with Crippen LogP contribution in [0.15, 0.2) is 48.5 Å². The molecule has 0 saturated carbocycles. The van der Waals surface area contributed by atoms with E-state index in [2.05, 4.69) is 10.6 Å². The van der Waals surface area contributed by atoms with Gasteiger partial charge in [0.15, 0.2) is 0 Å². The lowest BCUT2D eigenvalue weighted by molar-refractivity contribution is -0.141. The Bertz CT molecular complexity index is 1130. The quantitative estimate of drug-likeness (QED) is 0.408. The minimum atomic E-state index is -1.32. The third-order valence-corrected chi connectivity index (χ3v) is 5.42. The van der Waals surface area contributed by atoms with Crippen molar-refractivity contribution in [2.24, 2.45) is 5.73 Å². The lowest BCUT2D eigenvalue weighted by atomic mass is 10.00. The number of ether oxygens (including phenoxy) is 2. The number of nitrogens with zero attached hydrogens (tertiary/aromatic N) is 1. The Labute approximate surface area is 223 Å². The van der Waals surface area contributed by atoms with Gasteiger partial charge in [0.25, 0.3) is 5.91 Å². The number of methoxy groups -OCH3 is 1. The van der Waals surface area contributed by atoms with Crippen molar-refractivity contribution in [3.05, 3.63) is 59.7 Å². The van der Waals surface area contributed by atoms with E-state index >= 15 is 0 Å². The maximum absolute atomic E-state index is 13.9. The first-order valence-electron chi connectivity index (χ1n) is 12.4. The van der Waals surface area contributed by atoms with Gasteiger partial charge >= 0.3 is 6.09 Å². The zero-order valence-electron chi connectivity index (χ0n) is 22.9. The summed E-state index contributed by atoms with van der Waals surface area (Å²) in [6.07, 6.45) is -0.818. The number of amides is 4. The number of carbonyl (C=O) groups is 4.